The van der Waals surface area contributed by atoms with Crippen LogP contribution >= 0.6 is 23.2 Å². The molecule has 7 heavy (non-hydrogen) atoms. The van der Waals surface area contributed by atoms with E-state index in [1.54, 1.807) is 0 Å². The Balaban J connectivity index is 3.82. The van der Waals surface area contributed by atoms with Gasteiger partial charge in [0.15, 0.2) is 0 Å². The van der Waals surface area contributed by atoms with Crippen molar-refractivity contribution in [2.75, 3.05) is 0 Å². The second-order valence-electron chi connectivity index (χ2n) is 0.762. The lowest BCUT2D eigenvalue weighted by Gasteiger charge is -1.79. The van der Waals surface area contributed by atoms with E-state index in [9.17, 15) is 4.79 Å². The molecule has 0 aromatic heterocycles. The lowest BCUT2D eigenvalue weighted by molar-refractivity contribution is -0.131. The zero-order valence-electron chi connectivity index (χ0n) is 3.19. The van der Waals surface area contributed by atoms with Crippen molar-refractivity contribution in [1.82, 2.24) is 0 Å². The normalized spacial score (nSPS) is 11.4. The predicted molar refractivity (Wildman–Crippen MR) is 27.4 cm³/mol. The van der Waals surface area contributed by atoms with E-state index in [-0.39, 0.29) is 5.03 Å². The topological polar surface area (TPSA) is 37.3 Å². The minimum absolute atomic E-state index is 0.373. The third kappa shape index (κ3) is 2.48. The minimum atomic E-state index is -1.21. The molecule has 0 aliphatic heterocycles. The summed E-state index contributed by atoms with van der Waals surface area (Å²) in [5.41, 5.74) is 0.796. The van der Waals surface area contributed by atoms with Crippen molar-refractivity contribution in [3.63, 3.8) is 0 Å². The van der Waals surface area contributed by atoms with Gasteiger partial charge in [0.1, 0.15) is 5.03 Å². The molecule has 0 radical (unpaired) electrons. The van der Waals surface area contributed by atoms with Crippen LogP contribution in [0.4, 0.5) is 0 Å². The van der Waals surface area contributed by atoms with Crippen molar-refractivity contribution in [2.45, 2.75) is 0 Å². The van der Waals surface area contributed by atoms with Gasteiger partial charge in [0.25, 0.3) is 0 Å². The van der Waals surface area contributed by atoms with Gasteiger partial charge < -0.3 is 5.11 Å². The third-order valence-electron chi connectivity index (χ3n) is 0.300. The average Bonchev–Trinajstić information content (AvgIpc) is 1.65. The number of carbonyl (C=O) groups is 1. The van der Waals surface area contributed by atoms with Gasteiger partial charge in [-0.2, -0.15) is 0 Å². The smallest absolute Gasteiger partial charge is 0.348 e. The predicted octanol–water partition coefficient (Wildman–Crippen LogP) is 1.39. The summed E-state index contributed by atoms with van der Waals surface area (Å²) in [4.78, 5) is 9.65. The van der Waals surface area contributed by atoms with Crippen LogP contribution in [0.2, 0.25) is 0 Å². The molecule has 0 aliphatic rings. The number of halogens is 2. The molecular weight excluding hydrogens is 139 g/mol. The van der Waals surface area contributed by atoms with Crippen LogP contribution in [0.15, 0.2) is 10.6 Å². The highest BCUT2D eigenvalue weighted by Crippen LogP contribution is 2.00. The standard InChI is InChI=1S/C3H2Cl2O2/c4-1-2(5)3(6)7/h1H,(H,6,7)/b2-1-. The highest BCUT2D eigenvalue weighted by molar-refractivity contribution is 6.45. The van der Waals surface area contributed by atoms with Crippen LogP contribution in [-0.4, -0.2) is 11.1 Å². The summed E-state index contributed by atoms with van der Waals surface area (Å²) in [6.07, 6.45) is 0. The molecule has 0 aromatic carbocycles. The van der Waals surface area contributed by atoms with Crippen molar-refractivity contribution >= 4 is 29.2 Å². The van der Waals surface area contributed by atoms with Gasteiger partial charge in [0.05, 0.1) is 0 Å². The molecule has 0 fully saturated rings. The lowest BCUT2D eigenvalue weighted by atomic mass is 10.7. The van der Waals surface area contributed by atoms with E-state index >= 15 is 0 Å². The fraction of sp³-hybridized carbons (Fsp3) is 0. The zero-order chi connectivity index (χ0) is 5.86. The maximum atomic E-state index is 9.65. The van der Waals surface area contributed by atoms with Crippen LogP contribution in [0, 0.1) is 0 Å². The molecule has 0 atom stereocenters. The van der Waals surface area contributed by atoms with Crippen molar-refractivity contribution in [3.05, 3.63) is 10.6 Å². The first-order valence-electron chi connectivity index (χ1n) is 1.37. The summed E-state index contributed by atoms with van der Waals surface area (Å²) in [6, 6.07) is 0. The Labute approximate surface area is 50.3 Å². The number of carboxylic acid groups (broad SMARTS) is 1. The van der Waals surface area contributed by atoms with E-state index in [1.807, 2.05) is 0 Å². The molecule has 0 amide bonds. The Hall–Kier alpha value is -0.210. The highest BCUT2D eigenvalue weighted by Gasteiger charge is 1.98. The van der Waals surface area contributed by atoms with E-state index < -0.39 is 5.97 Å². The van der Waals surface area contributed by atoms with Gasteiger partial charge in [0, 0.05) is 5.54 Å². The molecule has 0 saturated heterocycles. The summed E-state index contributed by atoms with van der Waals surface area (Å²) >= 11 is 9.80. The third-order valence-corrected chi connectivity index (χ3v) is 0.901. The molecule has 0 rings (SSSR count). The molecule has 0 aromatic rings. The number of hydrogen-bond donors (Lipinski definition) is 1. The Morgan fingerprint density at radius 1 is 1.71 bits per heavy atom. The van der Waals surface area contributed by atoms with Gasteiger partial charge in [0.2, 0.25) is 0 Å². The minimum Gasteiger partial charge on any atom is -0.477 e. The first-order chi connectivity index (χ1) is 3.18. The summed E-state index contributed by atoms with van der Waals surface area (Å²) < 4.78 is 0. The number of rotatable bonds is 1. The SMILES string of the molecule is O=C(O)/C(Cl)=C/Cl. The molecule has 1 N–H and O–H groups in total. The van der Waals surface area contributed by atoms with E-state index in [0.29, 0.717) is 0 Å². The largest absolute Gasteiger partial charge is 0.477 e. The summed E-state index contributed by atoms with van der Waals surface area (Å²) in [5.74, 6) is -1.21. The fourth-order valence-corrected chi connectivity index (χ4v) is 0.140. The molecule has 0 unspecified atom stereocenters. The van der Waals surface area contributed by atoms with Crippen LogP contribution < -0.4 is 0 Å². The fourth-order valence-electron chi connectivity index (χ4n) is 0.0467. The van der Waals surface area contributed by atoms with Gasteiger partial charge in [-0.1, -0.05) is 23.2 Å². The van der Waals surface area contributed by atoms with Crippen molar-refractivity contribution in [3.8, 4) is 0 Å². The molecule has 0 aliphatic carbocycles. The summed E-state index contributed by atoms with van der Waals surface area (Å²) in [5, 5.41) is 7.52. The molecule has 40 valence electrons. The first-order valence-corrected chi connectivity index (χ1v) is 2.19. The van der Waals surface area contributed by atoms with E-state index in [2.05, 4.69) is 0 Å². The quantitative estimate of drug-likeness (QED) is 0.560. The Bertz CT molecular complexity index is 108. The number of carboxylic acids is 1. The maximum absolute atomic E-state index is 9.65. The number of hydrogen-bond acceptors (Lipinski definition) is 1. The highest BCUT2D eigenvalue weighted by atomic mass is 35.5. The van der Waals surface area contributed by atoms with Crippen molar-refractivity contribution < 1.29 is 9.90 Å². The second kappa shape index (κ2) is 2.88. The second-order valence-corrected chi connectivity index (χ2v) is 1.39. The Kier molecular flexibility index (Phi) is 2.79. The lowest BCUT2D eigenvalue weighted by Crippen LogP contribution is -1.91. The molecule has 2 nitrogen and oxygen atoms in total. The van der Waals surface area contributed by atoms with Crippen LogP contribution in [0.3, 0.4) is 0 Å². The first kappa shape index (κ1) is 6.79. The molecule has 0 heterocycles. The zero-order valence-corrected chi connectivity index (χ0v) is 4.70. The van der Waals surface area contributed by atoms with Gasteiger partial charge in [-0.3, -0.25) is 0 Å². The van der Waals surface area contributed by atoms with E-state index in [4.69, 9.17) is 28.3 Å². The van der Waals surface area contributed by atoms with E-state index in [1.165, 1.54) is 0 Å². The maximum Gasteiger partial charge on any atom is 0.348 e. The van der Waals surface area contributed by atoms with Crippen LogP contribution in [0.25, 0.3) is 0 Å². The average molecular weight is 141 g/mol. The van der Waals surface area contributed by atoms with Crippen molar-refractivity contribution in [2.24, 2.45) is 0 Å². The van der Waals surface area contributed by atoms with Crippen LogP contribution in [0.5, 0.6) is 0 Å². The Morgan fingerprint density at radius 2 is 2.14 bits per heavy atom. The van der Waals surface area contributed by atoms with Gasteiger partial charge in [-0.15, -0.1) is 0 Å². The molecular formula is C3H2Cl2O2. The van der Waals surface area contributed by atoms with Gasteiger partial charge >= 0.3 is 5.97 Å². The molecule has 4 heteroatoms. The van der Waals surface area contributed by atoms with Gasteiger partial charge in [-0.05, 0) is 0 Å². The Morgan fingerprint density at radius 3 is 2.14 bits per heavy atom. The summed E-state index contributed by atoms with van der Waals surface area (Å²) in [7, 11) is 0. The molecule has 0 bridgehead atoms. The van der Waals surface area contributed by atoms with Crippen LogP contribution in [-0.2, 0) is 4.79 Å². The van der Waals surface area contributed by atoms with Crippen molar-refractivity contribution in [1.29, 1.82) is 0 Å². The number of aliphatic carboxylic acids is 1. The molecule has 0 spiro atoms. The van der Waals surface area contributed by atoms with Crippen LogP contribution in [0.1, 0.15) is 0 Å². The summed E-state index contributed by atoms with van der Waals surface area (Å²) in [6.45, 7) is 0. The van der Waals surface area contributed by atoms with E-state index in [0.717, 1.165) is 5.54 Å². The monoisotopic (exact) mass is 140 g/mol. The van der Waals surface area contributed by atoms with Gasteiger partial charge in [-0.25, -0.2) is 4.79 Å². The molecule has 0 saturated carbocycles.